The molecule has 2 N–H and O–H groups in total. The van der Waals surface area contributed by atoms with Crippen LogP contribution in [0.1, 0.15) is 25.8 Å². The summed E-state index contributed by atoms with van der Waals surface area (Å²) >= 11 is 0. The first-order valence-corrected chi connectivity index (χ1v) is 7.28. The standard InChI is InChI=1S/C16H22N4O/c1-3-10-20(11-13-8-6-5-7-9-13)15-14(17)16(21-4-2)19-12-18-15/h5-9,12H,3-4,10-11,17H2,1-2H3. The van der Waals surface area contributed by atoms with Crippen molar-refractivity contribution in [3.8, 4) is 5.88 Å². The van der Waals surface area contributed by atoms with Gasteiger partial charge >= 0.3 is 0 Å². The van der Waals surface area contributed by atoms with Gasteiger partial charge in [-0.1, -0.05) is 37.3 Å². The summed E-state index contributed by atoms with van der Waals surface area (Å²) in [5.74, 6) is 1.19. The van der Waals surface area contributed by atoms with Crippen molar-refractivity contribution < 1.29 is 4.74 Å². The molecule has 0 radical (unpaired) electrons. The molecule has 1 aromatic carbocycles. The minimum Gasteiger partial charge on any atom is -0.476 e. The van der Waals surface area contributed by atoms with Crippen LogP contribution in [0.4, 0.5) is 11.5 Å². The first-order chi connectivity index (χ1) is 10.3. The summed E-state index contributed by atoms with van der Waals surface area (Å²) in [6.45, 7) is 6.23. The van der Waals surface area contributed by atoms with Crippen molar-refractivity contribution in [1.82, 2.24) is 9.97 Å². The highest BCUT2D eigenvalue weighted by atomic mass is 16.5. The second-order valence-corrected chi connectivity index (χ2v) is 4.76. The average Bonchev–Trinajstić information content (AvgIpc) is 2.50. The lowest BCUT2D eigenvalue weighted by atomic mass is 10.2. The molecule has 0 fully saturated rings. The summed E-state index contributed by atoms with van der Waals surface area (Å²) in [5, 5.41) is 0. The molecule has 112 valence electrons. The number of anilines is 2. The Morgan fingerprint density at radius 2 is 1.90 bits per heavy atom. The highest BCUT2D eigenvalue weighted by molar-refractivity contribution is 5.67. The number of hydrogen-bond donors (Lipinski definition) is 1. The zero-order chi connectivity index (χ0) is 15.1. The maximum atomic E-state index is 6.16. The van der Waals surface area contributed by atoms with Gasteiger partial charge in [-0.2, -0.15) is 4.98 Å². The minimum atomic E-state index is 0.455. The van der Waals surface area contributed by atoms with Crippen molar-refractivity contribution in [2.75, 3.05) is 23.8 Å². The molecule has 1 aromatic heterocycles. The Labute approximate surface area is 125 Å². The van der Waals surface area contributed by atoms with Crippen molar-refractivity contribution >= 4 is 11.5 Å². The Morgan fingerprint density at radius 3 is 2.57 bits per heavy atom. The van der Waals surface area contributed by atoms with E-state index in [1.54, 1.807) is 0 Å². The number of nitrogens with zero attached hydrogens (tertiary/aromatic N) is 3. The fraction of sp³-hybridized carbons (Fsp3) is 0.375. The van der Waals surface area contributed by atoms with Crippen LogP contribution in [-0.2, 0) is 6.54 Å². The van der Waals surface area contributed by atoms with Gasteiger partial charge in [-0.25, -0.2) is 4.98 Å². The molecule has 0 aliphatic carbocycles. The first kappa shape index (κ1) is 15.1. The van der Waals surface area contributed by atoms with Crippen LogP contribution in [0.15, 0.2) is 36.7 Å². The van der Waals surface area contributed by atoms with E-state index < -0.39 is 0 Å². The van der Waals surface area contributed by atoms with Crippen LogP contribution in [0, 0.1) is 0 Å². The van der Waals surface area contributed by atoms with E-state index in [4.69, 9.17) is 10.5 Å². The van der Waals surface area contributed by atoms with Gasteiger partial charge in [0.2, 0.25) is 5.88 Å². The summed E-state index contributed by atoms with van der Waals surface area (Å²) < 4.78 is 5.45. The number of benzene rings is 1. The number of aromatic nitrogens is 2. The molecule has 2 aromatic rings. The molecule has 0 bridgehead atoms. The second-order valence-electron chi connectivity index (χ2n) is 4.76. The molecule has 0 saturated carbocycles. The quantitative estimate of drug-likeness (QED) is 0.848. The van der Waals surface area contributed by atoms with Gasteiger partial charge in [0.25, 0.3) is 0 Å². The largest absolute Gasteiger partial charge is 0.476 e. The topological polar surface area (TPSA) is 64.3 Å². The van der Waals surface area contributed by atoms with Gasteiger partial charge in [-0.15, -0.1) is 0 Å². The van der Waals surface area contributed by atoms with Crippen LogP contribution in [0.2, 0.25) is 0 Å². The summed E-state index contributed by atoms with van der Waals surface area (Å²) in [4.78, 5) is 10.6. The molecule has 0 saturated heterocycles. The van der Waals surface area contributed by atoms with Gasteiger partial charge in [0.1, 0.15) is 12.0 Å². The Bertz CT molecular complexity index is 559. The van der Waals surface area contributed by atoms with E-state index in [0.29, 0.717) is 18.2 Å². The van der Waals surface area contributed by atoms with Crippen molar-refractivity contribution in [2.24, 2.45) is 0 Å². The normalized spacial score (nSPS) is 10.4. The van der Waals surface area contributed by atoms with E-state index in [-0.39, 0.29) is 0 Å². The molecular formula is C16H22N4O. The van der Waals surface area contributed by atoms with Crippen LogP contribution >= 0.6 is 0 Å². The third kappa shape index (κ3) is 3.84. The van der Waals surface area contributed by atoms with Crippen molar-refractivity contribution in [2.45, 2.75) is 26.8 Å². The molecule has 0 spiro atoms. The van der Waals surface area contributed by atoms with E-state index in [2.05, 4.69) is 33.9 Å². The SMILES string of the molecule is CCCN(Cc1ccccc1)c1ncnc(OCC)c1N. The molecule has 0 aliphatic heterocycles. The Balaban J connectivity index is 2.27. The third-order valence-corrected chi connectivity index (χ3v) is 3.12. The summed E-state index contributed by atoms with van der Waals surface area (Å²) in [5.41, 5.74) is 7.89. The van der Waals surface area contributed by atoms with Gasteiger partial charge in [0, 0.05) is 13.1 Å². The molecule has 5 heteroatoms. The molecule has 0 atom stereocenters. The van der Waals surface area contributed by atoms with E-state index in [9.17, 15) is 0 Å². The zero-order valence-corrected chi connectivity index (χ0v) is 12.6. The summed E-state index contributed by atoms with van der Waals surface area (Å²) in [6, 6.07) is 10.3. The monoisotopic (exact) mass is 286 g/mol. The Morgan fingerprint density at radius 1 is 1.14 bits per heavy atom. The number of nitrogens with two attached hydrogens (primary N) is 1. The number of rotatable bonds is 7. The molecule has 0 aliphatic rings. The maximum Gasteiger partial charge on any atom is 0.242 e. The number of ether oxygens (including phenoxy) is 1. The van der Waals surface area contributed by atoms with E-state index in [0.717, 1.165) is 25.3 Å². The van der Waals surface area contributed by atoms with E-state index in [1.165, 1.54) is 11.9 Å². The van der Waals surface area contributed by atoms with Crippen LogP contribution < -0.4 is 15.4 Å². The maximum absolute atomic E-state index is 6.16. The summed E-state index contributed by atoms with van der Waals surface area (Å²) in [6.07, 6.45) is 2.52. The smallest absolute Gasteiger partial charge is 0.242 e. The van der Waals surface area contributed by atoms with Crippen LogP contribution in [0.3, 0.4) is 0 Å². The number of hydrogen-bond acceptors (Lipinski definition) is 5. The molecular weight excluding hydrogens is 264 g/mol. The zero-order valence-electron chi connectivity index (χ0n) is 12.6. The van der Waals surface area contributed by atoms with Crippen LogP contribution in [0.25, 0.3) is 0 Å². The Hall–Kier alpha value is -2.30. The van der Waals surface area contributed by atoms with Crippen molar-refractivity contribution in [1.29, 1.82) is 0 Å². The highest BCUT2D eigenvalue weighted by Crippen LogP contribution is 2.29. The predicted octanol–water partition coefficient (Wildman–Crippen LogP) is 2.87. The lowest BCUT2D eigenvalue weighted by Crippen LogP contribution is -2.26. The molecule has 0 amide bonds. The predicted molar refractivity (Wildman–Crippen MR) is 85.4 cm³/mol. The molecule has 2 rings (SSSR count). The highest BCUT2D eigenvalue weighted by Gasteiger charge is 2.15. The lowest BCUT2D eigenvalue weighted by Gasteiger charge is -2.25. The fourth-order valence-corrected chi connectivity index (χ4v) is 2.21. The Kier molecular flexibility index (Phi) is 5.37. The van der Waals surface area contributed by atoms with E-state index in [1.807, 2.05) is 25.1 Å². The van der Waals surface area contributed by atoms with Crippen LogP contribution in [0.5, 0.6) is 5.88 Å². The third-order valence-electron chi connectivity index (χ3n) is 3.12. The average molecular weight is 286 g/mol. The summed E-state index contributed by atoms with van der Waals surface area (Å²) in [7, 11) is 0. The molecule has 1 heterocycles. The molecule has 21 heavy (non-hydrogen) atoms. The van der Waals surface area contributed by atoms with Crippen LogP contribution in [-0.4, -0.2) is 23.1 Å². The first-order valence-electron chi connectivity index (χ1n) is 7.28. The van der Waals surface area contributed by atoms with Crippen molar-refractivity contribution in [3.63, 3.8) is 0 Å². The fourth-order valence-electron chi connectivity index (χ4n) is 2.21. The van der Waals surface area contributed by atoms with Gasteiger partial charge < -0.3 is 15.4 Å². The minimum absolute atomic E-state index is 0.455. The van der Waals surface area contributed by atoms with Gasteiger partial charge in [0.15, 0.2) is 5.82 Å². The van der Waals surface area contributed by atoms with Gasteiger partial charge in [0.05, 0.1) is 6.61 Å². The van der Waals surface area contributed by atoms with Gasteiger partial charge in [-0.3, -0.25) is 0 Å². The molecule has 5 nitrogen and oxygen atoms in total. The van der Waals surface area contributed by atoms with Crippen molar-refractivity contribution in [3.05, 3.63) is 42.2 Å². The molecule has 0 unspecified atom stereocenters. The second kappa shape index (κ2) is 7.47. The lowest BCUT2D eigenvalue weighted by molar-refractivity contribution is 0.328. The number of nitrogen functional groups attached to an aromatic ring is 1. The van der Waals surface area contributed by atoms with Gasteiger partial charge in [-0.05, 0) is 18.9 Å². The van der Waals surface area contributed by atoms with E-state index >= 15 is 0 Å².